The summed E-state index contributed by atoms with van der Waals surface area (Å²) < 4.78 is 5.47. The van der Waals surface area contributed by atoms with Crippen molar-refractivity contribution >= 4 is 23.7 Å². The molecule has 0 bridgehead atoms. The minimum atomic E-state index is -0.696. The number of hydrogen-bond donors (Lipinski definition) is 2. The van der Waals surface area contributed by atoms with Gasteiger partial charge in [-0.1, -0.05) is 11.6 Å². The third-order valence-electron chi connectivity index (χ3n) is 2.78. The lowest BCUT2D eigenvalue weighted by Gasteiger charge is -2.12. The molecule has 0 saturated carbocycles. The lowest BCUT2D eigenvalue weighted by atomic mass is 10.2. The van der Waals surface area contributed by atoms with Gasteiger partial charge in [-0.25, -0.2) is 5.43 Å². The number of benzene rings is 2. The van der Waals surface area contributed by atoms with E-state index >= 15 is 0 Å². The number of carbonyl (C=O) groups is 1. The number of aromatic hydroxyl groups is 1. The monoisotopic (exact) mass is 318 g/mol. The van der Waals surface area contributed by atoms with Crippen LogP contribution < -0.4 is 10.2 Å². The predicted octanol–water partition coefficient (Wildman–Crippen LogP) is 2.96. The number of hydrogen-bond acceptors (Lipinski definition) is 4. The maximum Gasteiger partial charge on any atom is 0.280 e. The van der Waals surface area contributed by atoms with Crippen LogP contribution in [0.1, 0.15) is 12.5 Å². The van der Waals surface area contributed by atoms with Crippen LogP contribution in [0.2, 0.25) is 5.02 Å². The average molecular weight is 319 g/mol. The summed E-state index contributed by atoms with van der Waals surface area (Å²) in [6.45, 7) is 1.63. The van der Waals surface area contributed by atoms with E-state index in [0.717, 1.165) is 5.56 Å². The zero-order valence-corrected chi connectivity index (χ0v) is 12.6. The van der Waals surface area contributed by atoms with Crippen molar-refractivity contribution in [2.75, 3.05) is 0 Å². The van der Waals surface area contributed by atoms with Gasteiger partial charge in [0.05, 0.1) is 6.21 Å². The number of phenolic OH excluding ortho intramolecular Hbond substituents is 1. The summed E-state index contributed by atoms with van der Waals surface area (Å²) in [6, 6.07) is 13.2. The molecule has 22 heavy (non-hydrogen) atoms. The second kappa shape index (κ2) is 7.47. The molecule has 0 fully saturated rings. The fraction of sp³-hybridized carbons (Fsp3) is 0.125. The van der Waals surface area contributed by atoms with E-state index < -0.39 is 6.10 Å². The van der Waals surface area contributed by atoms with E-state index in [1.807, 2.05) is 0 Å². The van der Waals surface area contributed by atoms with Gasteiger partial charge >= 0.3 is 0 Å². The van der Waals surface area contributed by atoms with Gasteiger partial charge in [0.25, 0.3) is 5.91 Å². The van der Waals surface area contributed by atoms with Crippen LogP contribution in [0, 0.1) is 0 Å². The highest BCUT2D eigenvalue weighted by Gasteiger charge is 2.13. The fourth-order valence-electron chi connectivity index (χ4n) is 1.59. The molecule has 2 aromatic rings. The smallest absolute Gasteiger partial charge is 0.280 e. The Morgan fingerprint density at radius 3 is 2.50 bits per heavy atom. The van der Waals surface area contributed by atoms with Crippen molar-refractivity contribution in [1.82, 2.24) is 5.43 Å². The molecule has 0 aliphatic carbocycles. The SMILES string of the molecule is CC(Oc1ccc(Cl)cc1)C(=O)NN=Cc1ccc(O)cc1. The normalized spacial score (nSPS) is 12.1. The lowest BCUT2D eigenvalue weighted by molar-refractivity contribution is -0.127. The summed E-state index contributed by atoms with van der Waals surface area (Å²) in [5.41, 5.74) is 3.15. The molecular weight excluding hydrogens is 304 g/mol. The van der Waals surface area contributed by atoms with Crippen LogP contribution in [0.3, 0.4) is 0 Å². The summed E-state index contributed by atoms with van der Waals surface area (Å²) in [6.07, 6.45) is 0.782. The first-order valence-electron chi connectivity index (χ1n) is 6.59. The van der Waals surface area contributed by atoms with Crippen molar-refractivity contribution in [1.29, 1.82) is 0 Å². The average Bonchev–Trinajstić information content (AvgIpc) is 2.51. The Bertz CT molecular complexity index is 654. The summed E-state index contributed by atoms with van der Waals surface area (Å²) in [7, 11) is 0. The first-order valence-corrected chi connectivity index (χ1v) is 6.96. The molecule has 1 amide bonds. The Hall–Kier alpha value is -2.53. The van der Waals surface area contributed by atoms with Gasteiger partial charge < -0.3 is 9.84 Å². The largest absolute Gasteiger partial charge is 0.508 e. The molecule has 1 unspecified atom stereocenters. The third kappa shape index (κ3) is 4.79. The second-order valence-electron chi connectivity index (χ2n) is 4.54. The van der Waals surface area contributed by atoms with Gasteiger partial charge in [-0.3, -0.25) is 4.79 Å². The Balaban J connectivity index is 1.85. The molecule has 0 spiro atoms. The van der Waals surface area contributed by atoms with Crippen molar-refractivity contribution in [2.24, 2.45) is 5.10 Å². The van der Waals surface area contributed by atoms with Gasteiger partial charge in [0.15, 0.2) is 6.10 Å². The van der Waals surface area contributed by atoms with Crippen LogP contribution in [0.4, 0.5) is 0 Å². The predicted molar refractivity (Wildman–Crippen MR) is 85.4 cm³/mol. The van der Waals surface area contributed by atoms with Gasteiger partial charge in [0.2, 0.25) is 0 Å². The summed E-state index contributed by atoms with van der Waals surface area (Å²) in [5.74, 6) is 0.353. The van der Waals surface area contributed by atoms with Crippen LogP contribution in [0.15, 0.2) is 53.6 Å². The summed E-state index contributed by atoms with van der Waals surface area (Å²) in [5, 5.41) is 13.6. The summed E-state index contributed by atoms with van der Waals surface area (Å²) >= 11 is 5.78. The zero-order valence-electron chi connectivity index (χ0n) is 11.9. The van der Waals surface area contributed by atoms with Crippen LogP contribution in [-0.2, 0) is 4.79 Å². The van der Waals surface area contributed by atoms with Crippen LogP contribution in [0.5, 0.6) is 11.5 Å². The number of phenols is 1. The van der Waals surface area contributed by atoms with Crippen LogP contribution in [-0.4, -0.2) is 23.3 Å². The maximum atomic E-state index is 11.8. The van der Waals surface area contributed by atoms with Crippen molar-refractivity contribution in [3.05, 3.63) is 59.1 Å². The topological polar surface area (TPSA) is 70.9 Å². The maximum absolute atomic E-state index is 11.8. The van der Waals surface area contributed by atoms with E-state index in [9.17, 15) is 4.79 Å². The van der Waals surface area contributed by atoms with E-state index in [2.05, 4.69) is 10.5 Å². The molecule has 1 atom stereocenters. The molecule has 2 aromatic carbocycles. The minimum absolute atomic E-state index is 0.172. The van der Waals surface area contributed by atoms with Gasteiger partial charge in [-0.2, -0.15) is 5.10 Å². The highest BCUT2D eigenvalue weighted by molar-refractivity contribution is 6.30. The molecule has 0 aliphatic rings. The van der Waals surface area contributed by atoms with Crippen LogP contribution in [0.25, 0.3) is 0 Å². The van der Waals surface area contributed by atoms with Gasteiger partial charge in [0, 0.05) is 5.02 Å². The van der Waals surface area contributed by atoms with Crippen LogP contribution >= 0.6 is 11.6 Å². The quantitative estimate of drug-likeness (QED) is 0.657. The molecule has 0 radical (unpaired) electrons. The van der Waals surface area contributed by atoms with Crippen molar-refractivity contribution in [2.45, 2.75) is 13.0 Å². The first kappa shape index (κ1) is 15.9. The third-order valence-corrected chi connectivity index (χ3v) is 3.03. The molecule has 2 rings (SSSR count). The molecule has 114 valence electrons. The first-order chi connectivity index (χ1) is 10.5. The Labute approximate surface area is 133 Å². The fourth-order valence-corrected chi connectivity index (χ4v) is 1.72. The zero-order chi connectivity index (χ0) is 15.9. The molecule has 5 nitrogen and oxygen atoms in total. The minimum Gasteiger partial charge on any atom is -0.508 e. The van der Waals surface area contributed by atoms with E-state index in [4.69, 9.17) is 21.4 Å². The number of rotatable bonds is 5. The van der Waals surface area contributed by atoms with E-state index in [0.29, 0.717) is 10.8 Å². The molecule has 0 aliphatic heterocycles. The molecule has 0 aromatic heterocycles. The van der Waals surface area contributed by atoms with Crippen molar-refractivity contribution in [3.63, 3.8) is 0 Å². The highest BCUT2D eigenvalue weighted by atomic mass is 35.5. The Morgan fingerprint density at radius 2 is 1.86 bits per heavy atom. The number of amides is 1. The lowest BCUT2D eigenvalue weighted by Crippen LogP contribution is -2.33. The molecule has 2 N–H and O–H groups in total. The molecular formula is C16H15ClN2O3. The van der Waals surface area contributed by atoms with Gasteiger partial charge in [0.1, 0.15) is 11.5 Å². The number of ether oxygens (including phenoxy) is 1. The molecule has 0 heterocycles. The van der Waals surface area contributed by atoms with Crippen molar-refractivity contribution in [3.8, 4) is 11.5 Å². The van der Waals surface area contributed by atoms with Gasteiger partial charge in [-0.15, -0.1) is 0 Å². The number of carbonyl (C=O) groups excluding carboxylic acids is 1. The highest BCUT2D eigenvalue weighted by Crippen LogP contribution is 2.16. The Morgan fingerprint density at radius 1 is 1.23 bits per heavy atom. The van der Waals surface area contributed by atoms with Gasteiger partial charge in [-0.05, 0) is 61.0 Å². The number of nitrogens with zero attached hydrogens (tertiary/aromatic N) is 1. The molecule has 6 heteroatoms. The van der Waals surface area contributed by atoms with E-state index in [1.165, 1.54) is 18.3 Å². The number of hydrazone groups is 1. The number of halogens is 1. The van der Waals surface area contributed by atoms with Crippen molar-refractivity contribution < 1.29 is 14.6 Å². The van der Waals surface area contributed by atoms with E-state index in [1.54, 1.807) is 43.3 Å². The van der Waals surface area contributed by atoms with E-state index in [-0.39, 0.29) is 11.7 Å². The molecule has 0 saturated heterocycles. The second-order valence-corrected chi connectivity index (χ2v) is 4.98. The Kier molecular flexibility index (Phi) is 5.38. The number of nitrogens with one attached hydrogen (secondary N) is 1. The standard InChI is InChI=1S/C16H15ClN2O3/c1-11(22-15-8-4-13(17)5-9-15)16(21)19-18-10-12-2-6-14(20)7-3-12/h2-11,20H,1H3,(H,19,21). The summed E-state index contributed by atoms with van der Waals surface area (Å²) in [4.78, 5) is 11.8.